The van der Waals surface area contributed by atoms with Crippen LogP contribution in [0.2, 0.25) is 0 Å². The molecule has 11 heteroatoms. The maximum absolute atomic E-state index is 12.9. The van der Waals surface area contributed by atoms with Gasteiger partial charge in [0.25, 0.3) is 0 Å². The molecular weight excluding hydrogens is 436 g/mol. The Balaban J connectivity index is 2.95. The van der Waals surface area contributed by atoms with Crippen LogP contribution in [-0.4, -0.2) is 70.6 Å². The number of hydrogen-bond donors (Lipinski definition) is 6. The molecule has 10 nitrogen and oxygen atoms in total. The van der Waals surface area contributed by atoms with E-state index < -0.39 is 48.4 Å². The van der Waals surface area contributed by atoms with Gasteiger partial charge in [-0.25, -0.2) is 0 Å². The summed E-state index contributed by atoms with van der Waals surface area (Å²) in [5.74, 6) is -2.49. The molecule has 0 saturated carbocycles. The molecule has 0 aliphatic carbocycles. The SMILES string of the molecule is CSCCC(N)C(=O)NC(C(=O)NC(Cc1ccc(O)cc1)C(=O)NCC(=O)O)C(C)C. The van der Waals surface area contributed by atoms with Crippen molar-refractivity contribution in [3.63, 3.8) is 0 Å². The standard InChI is InChI=1S/C21H32N4O6S/c1-12(2)18(25-19(29)15(22)8-9-32-3)21(31)24-16(20(30)23-11-17(27)28)10-13-4-6-14(26)7-5-13/h4-7,12,15-16,18,26H,8-11,22H2,1-3H3,(H,23,30)(H,24,31)(H,25,29)(H,27,28). The Bertz CT molecular complexity index is 787. The summed E-state index contributed by atoms with van der Waals surface area (Å²) in [6, 6.07) is 3.28. The second kappa shape index (κ2) is 13.6. The quantitative estimate of drug-likeness (QED) is 0.232. The Labute approximate surface area is 191 Å². The smallest absolute Gasteiger partial charge is 0.322 e. The van der Waals surface area contributed by atoms with Crippen molar-refractivity contribution < 1.29 is 29.4 Å². The normalized spacial score (nSPS) is 13.7. The molecule has 0 radical (unpaired) electrons. The van der Waals surface area contributed by atoms with Gasteiger partial charge in [-0.1, -0.05) is 26.0 Å². The lowest BCUT2D eigenvalue weighted by atomic mass is 10.0. The third-order valence-corrected chi connectivity index (χ3v) is 5.28. The van der Waals surface area contributed by atoms with Crippen LogP contribution in [0.4, 0.5) is 0 Å². The maximum Gasteiger partial charge on any atom is 0.322 e. The summed E-state index contributed by atoms with van der Waals surface area (Å²) in [7, 11) is 0. The molecule has 0 bridgehead atoms. The third-order valence-electron chi connectivity index (χ3n) is 4.64. The van der Waals surface area contributed by atoms with E-state index in [4.69, 9.17) is 10.8 Å². The molecule has 0 heterocycles. The van der Waals surface area contributed by atoms with Gasteiger partial charge in [-0.2, -0.15) is 11.8 Å². The van der Waals surface area contributed by atoms with Crippen LogP contribution in [-0.2, 0) is 25.6 Å². The number of thioether (sulfide) groups is 1. The highest BCUT2D eigenvalue weighted by Crippen LogP contribution is 2.12. The number of rotatable bonds is 13. The first-order valence-corrected chi connectivity index (χ1v) is 11.6. The number of hydrogen-bond acceptors (Lipinski definition) is 7. The first kappa shape index (κ1) is 27.2. The molecule has 1 rings (SSSR count). The number of aliphatic carboxylic acids is 1. The van der Waals surface area contributed by atoms with Gasteiger partial charge < -0.3 is 31.9 Å². The number of phenols is 1. The Hall–Kier alpha value is -2.79. The summed E-state index contributed by atoms with van der Waals surface area (Å²) in [6.07, 6.45) is 2.42. The van der Waals surface area contributed by atoms with Gasteiger partial charge in [-0.05, 0) is 42.0 Å². The summed E-state index contributed by atoms with van der Waals surface area (Å²) >= 11 is 1.56. The largest absolute Gasteiger partial charge is 0.508 e. The van der Waals surface area contributed by atoms with Gasteiger partial charge in [-0.3, -0.25) is 19.2 Å². The number of nitrogens with one attached hydrogen (secondary N) is 3. The molecule has 0 aliphatic rings. The highest BCUT2D eigenvalue weighted by molar-refractivity contribution is 7.98. The number of amides is 3. The summed E-state index contributed by atoms with van der Waals surface area (Å²) in [4.78, 5) is 48.7. The van der Waals surface area contributed by atoms with E-state index in [1.54, 1.807) is 37.7 Å². The molecule has 0 fully saturated rings. The zero-order valence-electron chi connectivity index (χ0n) is 18.5. The van der Waals surface area contributed by atoms with Crippen molar-refractivity contribution >= 4 is 35.5 Å². The molecule has 0 spiro atoms. The summed E-state index contributed by atoms with van der Waals surface area (Å²) < 4.78 is 0. The fourth-order valence-electron chi connectivity index (χ4n) is 2.80. The highest BCUT2D eigenvalue weighted by atomic mass is 32.2. The number of nitrogens with two attached hydrogens (primary N) is 1. The van der Waals surface area contributed by atoms with Gasteiger partial charge in [0.2, 0.25) is 17.7 Å². The Kier molecular flexibility index (Phi) is 11.6. The minimum Gasteiger partial charge on any atom is -0.508 e. The van der Waals surface area contributed by atoms with Crippen molar-refractivity contribution in [1.29, 1.82) is 0 Å². The van der Waals surface area contributed by atoms with E-state index in [1.165, 1.54) is 12.1 Å². The van der Waals surface area contributed by atoms with Crippen molar-refractivity contribution in [3.8, 4) is 5.75 Å². The second-order valence-corrected chi connectivity index (χ2v) is 8.65. The number of carbonyl (C=O) groups is 4. The number of carboxylic acids is 1. The first-order chi connectivity index (χ1) is 15.0. The van der Waals surface area contributed by atoms with Gasteiger partial charge in [0, 0.05) is 6.42 Å². The molecule has 1 aromatic rings. The summed E-state index contributed by atoms with van der Waals surface area (Å²) in [5, 5.41) is 25.8. The molecule has 178 valence electrons. The average Bonchev–Trinajstić information content (AvgIpc) is 2.74. The van der Waals surface area contributed by atoms with E-state index in [0.29, 0.717) is 17.7 Å². The number of aromatic hydroxyl groups is 1. The second-order valence-electron chi connectivity index (χ2n) is 7.66. The zero-order valence-corrected chi connectivity index (χ0v) is 19.3. The topological polar surface area (TPSA) is 171 Å². The van der Waals surface area contributed by atoms with Gasteiger partial charge in [0.15, 0.2) is 0 Å². The molecule has 3 unspecified atom stereocenters. The van der Waals surface area contributed by atoms with Crippen LogP contribution < -0.4 is 21.7 Å². The lowest BCUT2D eigenvalue weighted by Crippen LogP contribution is -2.58. The van der Waals surface area contributed by atoms with E-state index >= 15 is 0 Å². The molecule has 0 aliphatic heterocycles. The van der Waals surface area contributed by atoms with Crippen LogP contribution in [0.5, 0.6) is 5.75 Å². The van der Waals surface area contributed by atoms with Crippen LogP contribution in [0.3, 0.4) is 0 Å². The summed E-state index contributed by atoms with van der Waals surface area (Å²) in [5.41, 5.74) is 6.53. The Morgan fingerprint density at radius 2 is 1.66 bits per heavy atom. The number of carbonyl (C=O) groups excluding carboxylic acids is 3. The first-order valence-electron chi connectivity index (χ1n) is 10.2. The fourth-order valence-corrected chi connectivity index (χ4v) is 3.29. The van der Waals surface area contributed by atoms with E-state index in [1.807, 2.05) is 6.26 Å². The van der Waals surface area contributed by atoms with Crippen molar-refractivity contribution in [2.24, 2.45) is 11.7 Å². The van der Waals surface area contributed by atoms with Crippen LogP contribution in [0.25, 0.3) is 0 Å². The van der Waals surface area contributed by atoms with Gasteiger partial charge in [0.05, 0.1) is 6.04 Å². The maximum atomic E-state index is 12.9. The number of benzene rings is 1. The van der Waals surface area contributed by atoms with E-state index in [2.05, 4.69) is 16.0 Å². The lowest BCUT2D eigenvalue weighted by molar-refractivity contribution is -0.138. The molecule has 32 heavy (non-hydrogen) atoms. The van der Waals surface area contributed by atoms with Gasteiger partial charge >= 0.3 is 5.97 Å². The van der Waals surface area contributed by atoms with Gasteiger partial charge in [-0.15, -0.1) is 0 Å². The van der Waals surface area contributed by atoms with Crippen LogP contribution >= 0.6 is 11.8 Å². The third kappa shape index (κ3) is 9.56. The Morgan fingerprint density at radius 3 is 2.19 bits per heavy atom. The monoisotopic (exact) mass is 468 g/mol. The number of phenolic OH excluding ortho intramolecular Hbond substituents is 1. The molecule has 7 N–H and O–H groups in total. The van der Waals surface area contributed by atoms with Crippen molar-refractivity contribution in [1.82, 2.24) is 16.0 Å². The van der Waals surface area contributed by atoms with E-state index in [-0.39, 0.29) is 18.1 Å². The molecule has 0 saturated heterocycles. The predicted octanol–water partition coefficient (Wildman–Crippen LogP) is -0.158. The fraction of sp³-hybridized carbons (Fsp3) is 0.524. The summed E-state index contributed by atoms with van der Waals surface area (Å²) in [6.45, 7) is 2.89. The molecule has 3 amide bonds. The molecule has 3 atom stereocenters. The van der Waals surface area contributed by atoms with E-state index in [0.717, 1.165) is 0 Å². The minimum absolute atomic E-state index is 0.0464. The predicted molar refractivity (Wildman–Crippen MR) is 122 cm³/mol. The zero-order chi connectivity index (χ0) is 24.3. The van der Waals surface area contributed by atoms with Crippen molar-refractivity contribution in [2.75, 3.05) is 18.6 Å². The van der Waals surface area contributed by atoms with Gasteiger partial charge in [0.1, 0.15) is 24.4 Å². The van der Waals surface area contributed by atoms with Crippen molar-refractivity contribution in [3.05, 3.63) is 29.8 Å². The van der Waals surface area contributed by atoms with Crippen molar-refractivity contribution in [2.45, 2.75) is 44.8 Å². The molecular formula is C21H32N4O6S. The minimum atomic E-state index is -1.22. The van der Waals surface area contributed by atoms with Crippen LogP contribution in [0, 0.1) is 5.92 Å². The molecule has 1 aromatic carbocycles. The highest BCUT2D eigenvalue weighted by Gasteiger charge is 2.30. The lowest BCUT2D eigenvalue weighted by Gasteiger charge is -2.26. The van der Waals surface area contributed by atoms with Crippen LogP contribution in [0.15, 0.2) is 24.3 Å². The average molecular weight is 469 g/mol. The Morgan fingerprint density at radius 1 is 1.03 bits per heavy atom. The number of carboxylic acid groups (broad SMARTS) is 1. The van der Waals surface area contributed by atoms with E-state index in [9.17, 15) is 24.3 Å². The van der Waals surface area contributed by atoms with Crippen LogP contribution in [0.1, 0.15) is 25.8 Å². The molecule has 0 aromatic heterocycles.